The fourth-order valence-electron chi connectivity index (χ4n) is 5.50. The minimum Gasteiger partial charge on any atom is -0.326 e. The number of carbonyl (C=O) groups is 1. The fourth-order valence-corrected chi connectivity index (χ4v) is 7.02. The van der Waals surface area contributed by atoms with Crippen molar-refractivity contribution in [2.45, 2.75) is 56.3 Å². The molecule has 5 nitrogen and oxygen atoms in total. The molecule has 0 aromatic heterocycles. The van der Waals surface area contributed by atoms with Crippen LogP contribution in [0.25, 0.3) is 0 Å². The lowest BCUT2D eigenvalue weighted by Gasteiger charge is -2.34. The monoisotopic (exact) mass is 438 g/mol. The summed E-state index contributed by atoms with van der Waals surface area (Å²) in [5, 5.41) is 2.82. The van der Waals surface area contributed by atoms with Gasteiger partial charge >= 0.3 is 0 Å². The summed E-state index contributed by atoms with van der Waals surface area (Å²) in [6, 6.07) is 13.9. The van der Waals surface area contributed by atoms with E-state index in [1.165, 1.54) is 36.8 Å². The van der Waals surface area contributed by atoms with E-state index in [1.54, 1.807) is 22.5 Å². The van der Waals surface area contributed by atoms with Crippen molar-refractivity contribution >= 4 is 21.6 Å². The lowest BCUT2D eigenvalue weighted by atomic mass is 9.77. The average molecular weight is 439 g/mol. The number of benzene rings is 2. The molecule has 1 saturated heterocycles. The van der Waals surface area contributed by atoms with E-state index in [2.05, 4.69) is 29.6 Å². The van der Waals surface area contributed by atoms with Crippen molar-refractivity contribution in [2.24, 2.45) is 11.8 Å². The number of fused-ring (bicyclic) bond motifs is 2. The second-order valence-electron chi connectivity index (χ2n) is 9.33. The molecular formula is C25H30N2O3S. The Hall–Kier alpha value is -2.18. The highest BCUT2D eigenvalue weighted by molar-refractivity contribution is 7.89. The molecule has 1 amide bonds. The van der Waals surface area contributed by atoms with Crippen LogP contribution in [0.3, 0.4) is 0 Å². The number of anilines is 1. The van der Waals surface area contributed by atoms with Gasteiger partial charge in [-0.1, -0.05) is 24.3 Å². The Kier molecular flexibility index (Phi) is 5.61. The number of nitrogens with one attached hydrogen (secondary N) is 1. The van der Waals surface area contributed by atoms with E-state index < -0.39 is 10.0 Å². The summed E-state index contributed by atoms with van der Waals surface area (Å²) >= 11 is 0. The number of aryl methyl sites for hydroxylation is 2. The van der Waals surface area contributed by atoms with Crippen molar-refractivity contribution in [1.82, 2.24) is 4.31 Å². The molecule has 2 heterocycles. The number of hydrogen-bond donors (Lipinski definition) is 1. The molecule has 2 aromatic carbocycles. The quantitative estimate of drug-likeness (QED) is 0.779. The van der Waals surface area contributed by atoms with Gasteiger partial charge in [0.25, 0.3) is 0 Å². The Bertz CT molecular complexity index is 1090. The number of rotatable bonds is 4. The predicted octanol–water partition coefficient (Wildman–Crippen LogP) is 4.17. The highest BCUT2D eigenvalue weighted by Gasteiger charge is 2.31. The van der Waals surface area contributed by atoms with Gasteiger partial charge in [0, 0.05) is 25.2 Å². The topological polar surface area (TPSA) is 66.5 Å². The summed E-state index contributed by atoms with van der Waals surface area (Å²) in [6.07, 6.45) is 7.69. The minimum absolute atomic E-state index is 0.00775. The molecule has 2 aromatic rings. The van der Waals surface area contributed by atoms with Crippen molar-refractivity contribution in [3.8, 4) is 0 Å². The van der Waals surface area contributed by atoms with Gasteiger partial charge in [0.1, 0.15) is 0 Å². The van der Waals surface area contributed by atoms with E-state index in [0.29, 0.717) is 36.7 Å². The van der Waals surface area contributed by atoms with Crippen molar-refractivity contribution in [2.75, 3.05) is 18.4 Å². The molecule has 0 bridgehead atoms. The lowest BCUT2D eigenvalue weighted by Crippen LogP contribution is -2.39. The van der Waals surface area contributed by atoms with Crippen molar-refractivity contribution in [3.63, 3.8) is 0 Å². The molecule has 6 heteroatoms. The van der Waals surface area contributed by atoms with Crippen LogP contribution in [-0.2, 0) is 34.1 Å². The second-order valence-corrected chi connectivity index (χ2v) is 11.3. The van der Waals surface area contributed by atoms with Gasteiger partial charge < -0.3 is 5.32 Å². The third-order valence-corrected chi connectivity index (χ3v) is 9.19. The number of carbonyl (C=O) groups excluding carboxylic acids is 1. The maximum Gasteiger partial charge on any atom is 0.243 e. The first-order valence-corrected chi connectivity index (χ1v) is 12.9. The molecule has 0 radical (unpaired) electrons. The minimum atomic E-state index is -3.48. The summed E-state index contributed by atoms with van der Waals surface area (Å²) in [6.45, 7) is 1.20. The standard InChI is InChI=1S/C25H30N2O3S/c28-25-10-7-22-17-23(8-9-24(22)26-25)31(29,30)27-13-11-18(12-14-27)15-19-5-6-20-3-1-2-4-21(20)16-19/h1-4,8-9,17-19H,5-7,10-16H2,(H,26,28). The van der Waals surface area contributed by atoms with Crippen LogP contribution in [0.1, 0.15) is 48.8 Å². The van der Waals surface area contributed by atoms with Crippen LogP contribution in [0.15, 0.2) is 47.4 Å². The molecule has 1 aliphatic carbocycles. The molecular weight excluding hydrogens is 408 g/mol. The molecule has 1 N–H and O–H groups in total. The first-order valence-electron chi connectivity index (χ1n) is 11.5. The van der Waals surface area contributed by atoms with Gasteiger partial charge in [-0.05, 0) is 91.7 Å². The van der Waals surface area contributed by atoms with Gasteiger partial charge in [0.2, 0.25) is 15.9 Å². The van der Waals surface area contributed by atoms with Crippen LogP contribution in [-0.4, -0.2) is 31.7 Å². The summed E-state index contributed by atoms with van der Waals surface area (Å²) in [5.74, 6) is 1.33. The van der Waals surface area contributed by atoms with Crippen molar-refractivity contribution < 1.29 is 13.2 Å². The first kappa shape index (κ1) is 20.7. The fraction of sp³-hybridized carbons (Fsp3) is 0.480. The van der Waals surface area contributed by atoms with E-state index in [1.807, 2.05) is 0 Å². The number of nitrogens with zero attached hydrogens (tertiary/aromatic N) is 1. The van der Waals surface area contributed by atoms with Gasteiger partial charge in [-0.3, -0.25) is 4.79 Å². The Morgan fingerprint density at radius 2 is 1.65 bits per heavy atom. The van der Waals surface area contributed by atoms with Crippen molar-refractivity contribution in [1.29, 1.82) is 0 Å². The van der Waals surface area contributed by atoms with Gasteiger partial charge in [-0.25, -0.2) is 8.42 Å². The number of sulfonamides is 1. The molecule has 1 unspecified atom stereocenters. The van der Waals surface area contributed by atoms with Crippen LogP contribution in [0.4, 0.5) is 5.69 Å². The summed E-state index contributed by atoms with van der Waals surface area (Å²) in [7, 11) is -3.48. The average Bonchev–Trinajstić information content (AvgIpc) is 2.79. The van der Waals surface area contributed by atoms with Gasteiger partial charge in [-0.2, -0.15) is 4.31 Å². The molecule has 31 heavy (non-hydrogen) atoms. The van der Waals surface area contributed by atoms with Gasteiger partial charge in [0.15, 0.2) is 0 Å². The van der Waals surface area contributed by atoms with Gasteiger partial charge in [-0.15, -0.1) is 0 Å². The van der Waals surface area contributed by atoms with Crippen LogP contribution in [0.5, 0.6) is 0 Å². The summed E-state index contributed by atoms with van der Waals surface area (Å²) in [5.41, 5.74) is 4.66. The van der Waals surface area contributed by atoms with E-state index in [-0.39, 0.29) is 5.91 Å². The third kappa shape index (κ3) is 4.28. The molecule has 1 atom stereocenters. The Labute approximate surface area is 184 Å². The maximum atomic E-state index is 13.2. The summed E-state index contributed by atoms with van der Waals surface area (Å²) in [4.78, 5) is 11.9. The zero-order chi connectivity index (χ0) is 21.4. The Morgan fingerprint density at radius 1 is 0.871 bits per heavy atom. The first-order chi connectivity index (χ1) is 15.0. The van der Waals surface area contributed by atoms with Crippen LogP contribution >= 0.6 is 0 Å². The van der Waals surface area contributed by atoms with E-state index in [9.17, 15) is 13.2 Å². The normalized spacial score (nSPS) is 22.5. The van der Waals surface area contributed by atoms with Crippen LogP contribution in [0.2, 0.25) is 0 Å². The maximum absolute atomic E-state index is 13.2. The molecule has 1 fully saturated rings. The molecule has 5 rings (SSSR count). The Balaban J connectivity index is 1.20. The van der Waals surface area contributed by atoms with Crippen LogP contribution < -0.4 is 5.32 Å². The van der Waals surface area contributed by atoms with E-state index in [4.69, 9.17) is 0 Å². The van der Waals surface area contributed by atoms with E-state index >= 15 is 0 Å². The third-order valence-electron chi connectivity index (χ3n) is 7.30. The predicted molar refractivity (Wildman–Crippen MR) is 121 cm³/mol. The van der Waals surface area contributed by atoms with E-state index in [0.717, 1.165) is 30.0 Å². The molecule has 0 spiro atoms. The zero-order valence-electron chi connectivity index (χ0n) is 17.8. The SMILES string of the molecule is O=C1CCc2cc(S(=O)(=O)N3CCC(CC4CCc5ccccc5C4)CC3)ccc2N1. The molecule has 164 valence electrons. The molecule has 3 aliphatic rings. The highest BCUT2D eigenvalue weighted by atomic mass is 32.2. The Morgan fingerprint density at radius 3 is 2.45 bits per heavy atom. The lowest BCUT2D eigenvalue weighted by molar-refractivity contribution is -0.116. The molecule has 0 saturated carbocycles. The van der Waals surface area contributed by atoms with Gasteiger partial charge in [0.05, 0.1) is 4.90 Å². The number of amides is 1. The highest BCUT2D eigenvalue weighted by Crippen LogP contribution is 2.34. The second kappa shape index (κ2) is 8.40. The summed E-state index contributed by atoms with van der Waals surface area (Å²) < 4.78 is 28.1. The molecule has 2 aliphatic heterocycles. The largest absolute Gasteiger partial charge is 0.326 e. The number of hydrogen-bond acceptors (Lipinski definition) is 3. The van der Waals surface area contributed by atoms with Crippen molar-refractivity contribution in [3.05, 3.63) is 59.2 Å². The zero-order valence-corrected chi connectivity index (χ0v) is 18.7. The van der Waals surface area contributed by atoms with Crippen LogP contribution in [0, 0.1) is 11.8 Å². The smallest absolute Gasteiger partial charge is 0.243 e. The number of piperidine rings is 1.